The molecule has 0 saturated carbocycles. The number of carbonyl (C=O) groups excluding carboxylic acids is 2. The number of hydrogen-bond acceptors (Lipinski definition) is 7. The van der Waals surface area contributed by atoms with Gasteiger partial charge in [-0.3, -0.25) is 4.79 Å². The number of nitrogens with zero attached hydrogens (tertiary/aromatic N) is 1. The van der Waals surface area contributed by atoms with E-state index >= 15 is 0 Å². The Bertz CT molecular complexity index is 1030. The first kappa shape index (κ1) is 22.4. The van der Waals surface area contributed by atoms with Crippen molar-refractivity contribution in [3.8, 4) is 5.75 Å². The lowest BCUT2D eigenvalue weighted by Gasteiger charge is -2.26. The minimum atomic E-state index is -3.81. The number of ketones is 1. The summed E-state index contributed by atoms with van der Waals surface area (Å²) >= 11 is 3.23. The molecule has 0 amide bonds. The Morgan fingerprint density at radius 3 is 2.33 bits per heavy atom. The molecule has 0 aromatic heterocycles. The Hall–Kier alpha value is -2.27. The van der Waals surface area contributed by atoms with Gasteiger partial charge in [0.2, 0.25) is 10.0 Å². The van der Waals surface area contributed by atoms with Crippen LogP contribution >= 0.6 is 15.9 Å². The molecule has 3 rings (SSSR count). The SMILES string of the molecule is COc1ccc(C(=O)COC(=O)c2ccc(Br)c(S(=O)(=O)N3CCOCC3)c2)cc1. The van der Waals surface area contributed by atoms with E-state index in [2.05, 4.69) is 15.9 Å². The predicted molar refractivity (Wildman–Crippen MR) is 111 cm³/mol. The number of Topliss-reactive ketones (excluding diaryl/α,β-unsaturated/α-hetero) is 1. The number of halogens is 1. The average molecular weight is 498 g/mol. The Labute approximate surface area is 182 Å². The molecule has 1 heterocycles. The summed E-state index contributed by atoms with van der Waals surface area (Å²) in [5.41, 5.74) is 0.405. The van der Waals surface area contributed by atoms with Gasteiger partial charge in [-0.05, 0) is 58.4 Å². The zero-order chi connectivity index (χ0) is 21.7. The van der Waals surface area contributed by atoms with E-state index in [4.69, 9.17) is 14.2 Å². The minimum Gasteiger partial charge on any atom is -0.497 e. The van der Waals surface area contributed by atoms with Crippen LogP contribution in [-0.2, 0) is 19.5 Å². The fraction of sp³-hybridized carbons (Fsp3) is 0.300. The summed E-state index contributed by atoms with van der Waals surface area (Å²) in [5, 5.41) is 0. The lowest BCUT2D eigenvalue weighted by molar-refractivity contribution is 0.0474. The predicted octanol–water partition coefficient (Wildman–Crippen LogP) is 2.52. The van der Waals surface area contributed by atoms with E-state index in [-0.39, 0.29) is 29.3 Å². The molecule has 0 atom stereocenters. The van der Waals surface area contributed by atoms with Gasteiger partial charge < -0.3 is 14.2 Å². The van der Waals surface area contributed by atoms with E-state index in [0.717, 1.165) is 0 Å². The molecule has 1 aliphatic heterocycles. The van der Waals surface area contributed by atoms with Crippen LogP contribution in [0.2, 0.25) is 0 Å². The van der Waals surface area contributed by atoms with Crippen LogP contribution in [0.15, 0.2) is 51.8 Å². The van der Waals surface area contributed by atoms with Gasteiger partial charge in [0.25, 0.3) is 0 Å². The summed E-state index contributed by atoms with van der Waals surface area (Å²) in [6.45, 7) is 0.629. The van der Waals surface area contributed by atoms with E-state index < -0.39 is 22.6 Å². The third-order valence-corrected chi connectivity index (χ3v) is 7.39. The third-order valence-electron chi connectivity index (χ3n) is 4.50. The molecule has 0 radical (unpaired) electrons. The maximum atomic E-state index is 12.9. The fourth-order valence-corrected chi connectivity index (χ4v) is 5.19. The van der Waals surface area contributed by atoms with Gasteiger partial charge in [-0.15, -0.1) is 0 Å². The molecule has 10 heteroatoms. The molecule has 0 bridgehead atoms. The first-order valence-electron chi connectivity index (χ1n) is 9.05. The number of esters is 1. The second-order valence-corrected chi connectivity index (χ2v) is 9.15. The molecule has 0 N–H and O–H groups in total. The van der Waals surface area contributed by atoms with Gasteiger partial charge in [-0.1, -0.05) is 0 Å². The number of sulfonamides is 1. The molecule has 1 aliphatic rings. The molecule has 1 saturated heterocycles. The number of carbonyl (C=O) groups is 2. The summed E-state index contributed by atoms with van der Waals surface area (Å²) in [6, 6.07) is 10.6. The first-order valence-corrected chi connectivity index (χ1v) is 11.3. The monoisotopic (exact) mass is 497 g/mol. The Morgan fingerprint density at radius 2 is 1.70 bits per heavy atom. The van der Waals surface area contributed by atoms with Crippen molar-refractivity contribution in [1.29, 1.82) is 0 Å². The van der Waals surface area contributed by atoms with Crippen molar-refractivity contribution in [2.45, 2.75) is 4.90 Å². The Morgan fingerprint density at radius 1 is 1.07 bits per heavy atom. The van der Waals surface area contributed by atoms with Crippen molar-refractivity contribution in [2.24, 2.45) is 0 Å². The summed E-state index contributed by atoms with van der Waals surface area (Å²) < 4.78 is 42.8. The first-order chi connectivity index (χ1) is 14.3. The quantitative estimate of drug-likeness (QED) is 0.427. The Kier molecular flexibility index (Phi) is 7.24. The summed E-state index contributed by atoms with van der Waals surface area (Å²) in [4.78, 5) is 24.6. The maximum Gasteiger partial charge on any atom is 0.338 e. The zero-order valence-corrected chi connectivity index (χ0v) is 18.6. The third kappa shape index (κ3) is 5.07. The number of methoxy groups -OCH3 is 1. The molecule has 8 nitrogen and oxygen atoms in total. The lowest BCUT2D eigenvalue weighted by atomic mass is 10.1. The molecular formula is C20H20BrNO7S. The van der Waals surface area contributed by atoms with Gasteiger partial charge in [0.05, 0.1) is 30.8 Å². The molecule has 2 aromatic rings. The molecule has 0 aliphatic carbocycles. The van der Waals surface area contributed by atoms with Gasteiger partial charge in [-0.2, -0.15) is 4.31 Å². The van der Waals surface area contributed by atoms with Crippen LogP contribution in [0.1, 0.15) is 20.7 Å². The zero-order valence-electron chi connectivity index (χ0n) is 16.2. The van der Waals surface area contributed by atoms with Crippen LogP contribution in [0.4, 0.5) is 0 Å². The van der Waals surface area contributed by atoms with E-state index in [9.17, 15) is 18.0 Å². The van der Waals surface area contributed by atoms with Crippen LogP contribution in [0.25, 0.3) is 0 Å². The summed E-state index contributed by atoms with van der Waals surface area (Å²) in [5.74, 6) is -0.570. The molecule has 30 heavy (non-hydrogen) atoms. The molecule has 2 aromatic carbocycles. The van der Waals surface area contributed by atoms with Crippen LogP contribution < -0.4 is 4.74 Å². The van der Waals surface area contributed by atoms with Crippen LogP contribution in [0.3, 0.4) is 0 Å². The van der Waals surface area contributed by atoms with Gasteiger partial charge >= 0.3 is 5.97 Å². The van der Waals surface area contributed by atoms with Crippen molar-refractivity contribution in [3.63, 3.8) is 0 Å². The van der Waals surface area contributed by atoms with Crippen LogP contribution in [-0.4, -0.2) is 64.5 Å². The van der Waals surface area contributed by atoms with E-state index in [1.54, 1.807) is 24.3 Å². The number of benzene rings is 2. The number of rotatable bonds is 7. The second-order valence-electron chi connectivity index (χ2n) is 6.39. The average Bonchev–Trinajstić information content (AvgIpc) is 2.78. The number of ether oxygens (including phenoxy) is 3. The minimum absolute atomic E-state index is 0.0348. The smallest absolute Gasteiger partial charge is 0.338 e. The van der Waals surface area contributed by atoms with E-state index in [0.29, 0.717) is 29.0 Å². The molecule has 0 unspecified atom stereocenters. The highest BCUT2D eigenvalue weighted by molar-refractivity contribution is 9.10. The Balaban J connectivity index is 1.71. The summed E-state index contributed by atoms with van der Waals surface area (Å²) in [6.07, 6.45) is 0. The van der Waals surface area contributed by atoms with E-state index in [1.807, 2.05) is 0 Å². The number of morpholine rings is 1. The highest BCUT2D eigenvalue weighted by atomic mass is 79.9. The van der Waals surface area contributed by atoms with Gasteiger partial charge in [0.1, 0.15) is 5.75 Å². The standard InChI is InChI=1S/C20H20BrNO7S/c1-27-16-5-2-14(3-6-16)18(23)13-29-20(24)15-4-7-17(21)19(12-15)30(25,26)22-8-10-28-11-9-22/h2-7,12H,8-11,13H2,1H3. The van der Waals surface area contributed by atoms with Gasteiger partial charge in [-0.25, -0.2) is 13.2 Å². The molecule has 1 fully saturated rings. The summed E-state index contributed by atoms with van der Waals surface area (Å²) in [7, 11) is -2.29. The fourth-order valence-electron chi connectivity index (χ4n) is 2.83. The maximum absolute atomic E-state index is 12.9. The topological polar surface area (TPSA) is 99.2 Å². The number of hydrogen-bond donors (Lipinski definition) is 0. The van der Waals surface area contributed by atoms with Crippen LogP contribution in [0.5, 0.6) is 5.75 Å². The van der Waals surface area contributed by atoms with Crippen molar-refractivity contribution in [1.82, 2.24) is 4.31 Å². The highest BCUT2D eigenvalue weighted by Crippen LogP contribution is 2.27. The van der Waals surface area contributed by atoms with Crippen molar-refractivity contribution in [3.05, 3.63) is 58.1 Å². The van der Waals surface area contributed by atoms with E-state index in [1.165, 1.54) is 29.6 Å². The molecule has 0 spiro atoms. The van der Waals surface area contributed by atoms with Crippen LogP contribution in [0, 0.1) is 0 Å². The molecular weight excluding hydrogens is 478 g/mol. The largest absolute Gasteiger partial charge is 0.497 e. The van der Waals surface area contributed by atoms with Crippen molar-refractivity contribution >= 4 is 37.7 Å². The molecule has 160 valence electrons. The van der Waals surface area contributed by atoms with Gasteiger partial charge in [0, 0.05) is 23.1 Å². The van der Waals surface area contributed by atoms with Crippen molar-refractivity contribution < 1.29 is 32.2 Å². The van der Waals surface area contributed by atoms with Gasteiger partial charge in [0.15, 0.2) is 12.4 Å². The normalized spacial score (nSPS) is 14.9. The highest BCUT2D eigenvalue weighted by Gasteiger charge is 2.29. The van der Waals surface area contributed by atoms with Crippen molar-refractivity contribution in [2.75, 3.05) is 40.0 Å². The lowest BCUT2D eigenvalue weighted by Crippen LogP contribution is -2.40. The second kappa shape index (κ2) is 9.69.